The summed E-state index contributed by atoms with van der Waals surface area (Å²) in [6.45, 7) is 3.71. The van der Waals surface area contributed by atoms with E-state index in [9.17, 15) is 0 Å². The first-order chi connectivity index (χ1) is 8.27. The molecular weight excluding hydrogens is 224 g/mol. The molecule has 0 spiro atoms. The first-order valence-electron chi connectivity index (χ1n) is 5.40. The van der Waals surface area contributed by atoms with Crippen molar-refractivity contribution in [1.82, 2.24) is 9.97 Å². The van der Waals surface area contributed by atoms with Crippen molar-refractivity contribution in [2.75, 3.05) is 33.5 Å². The van der Waals surface area contributed by atoms with Gasteiger partial charge in [-0.25, -0.2) is 9.97 Å². The fraction of sp³-hybridized carbons (Fsp3) is 0.636. The van der Waals surface area contributed by atoms with E-state index >= 15 is 0 Å². The van der Waals surface area contributed by atoms with Crippen LogP contribution in [0.15, 0.2) is 6.20 Å². The number of hydrogen-bond donors (Lipinski definition) is 1. The van der Waals surface area contributed by atoms with Gasteiger partial charge in [0.05, 0.1) is 32.1 Å². The molecule has 1 heterocycles. The van der Waals surface area contributed by atoms with Crippen LogP contribution in [0.25, 0.3) is 0 Å². The average molecular weight is 242 g/mol. The Morgan fingerprint density at radius 1 is 1.24 bits per heavy atom. The molecule has 0 saturated heterocycles. The van der Waals surface area contributed by atoms with Gasteiger partial charge < -0.3 is 19.3 Å². The fourth-order valence-corrected chi connectivity index (χ4v) is 1.13. The van der Waals surface area contributed by atoms with Crippen molar-refractivity contribution in [2.24, 2.45) is 0 Å². The number of rotatable bonds is 8. The van der Waals surface area contributed by atoms with Crippen LogP contribution in [0.5, 0.6) is 6.01 Å². The van der Waals surface area contributed by atoms with Crippen molar-refractivity contribution in [3.8, 4) is 6.01 Å². The molecule has 1 rings (SSSR count). The van der Waals surface area contributed by atoms with Crippen molar-refractivity contribution in [3.63, 3.8) is 0 Å². The molecule has 0 aromatic carbocycles. The van der Waals surface area contributed by atoms with E-state index in [0.717, 1.165) is 5.69 Å². The Balaban J connectivity index is 2.25. The molecule has 0 aliphatic heterocycles. The maximum atomic E-state index is 8.95. The van der Waals surface area contributed by atoms with Crippen LogP contribution in [0.3, 0.4) is 0 Å². The molecule has 0 fully saturated rings. The van der Waals surface area contributed by atoms with Crippen LogP contribution >= 0.6 is 0 Å². The zero-order valence-electron chi connectivity index (χ0n) is 10.2. The summed E-state index contributed by atoms with van der Waals surface area (Å²) in [5, 5.41) is 8.95. The molecule has 0 aliphatic rings. The lowest BCUT2D eigenvalue weighted by Crippen LogP contribution is -2.11. The number of aliphatic hydroxyl groups excluding tert-OH is 1. The molecular formula is C11H18N2O4. The lowest BCUT2D eigenvalue weighted by Gasteiger charge is -2.07. The minimum Gasteiger partial charge on any atom is -0.461 e. The van der Waals surface area contributed by atoms with Gasteiger partial charge >= 0.3 is 6.01 Å². The zero-order valence-corrected chi connectivity index (χ0v) is 10.2. The lowest BCUT2D eigenvalue weighted by atomic mass is 10.3. The Morgan fingerprint density at radius 2 is 2.00 bits per heavy atom. The summed E-state index contributed by atoms with van der Waals surface area (Å²) in [5.41, 5.74) is 1.42. The normalized spacial score (nSPS) is 10.5. The summed E-state index contributed by atoms with van der Waals surface area (Å²) >= 11 is 0. The van der Waals surface area contributed by atoms with Gasteiger partial charge in [-0.15, -0.1) is 0 Å². The predicted molar refractivity (Wildman–Crippen MR) is 60.9 cm³/mol. The first-order valence-corrected chi connectivity index (χ1v) is 5.40. The second-order valence-electron chi connectivity index (χ2n) is 3.37. The quantitative estimate of drug-likeness (QED) is 0.662. The standard InChI is InChI=1S/C11H18N2O4/c1-9-10(8-14)7-12-11(13-9)17-6-5-16-4-3-15-2/h7,14H,3-6,8H2,1-2H3. The molecule has 0 unspecified atom stereocenters. The highest BCUT2D eigenvalue weighted by molar-refractivity contribution is 5.16. The van der Waals surface area contributed by atoms with Gasteiger partial charge in [0.25, 0.3) is 0 Å². The minimum atomic E-state index is -0.0633. The maximum absolute atomic E-state index is 8.95. The van der Waals surface area contributed by atoms with Crippen molar-refractivity contribution in [2.45, 2.75) is 13.5 Å². The van der Waals surface area contributed by atoms with Crippen molar-refractivity contribution in [3.05, 3.63) is 17.5 Å². The molecule has 0 radical (unpaired) electrons. The largest absolute Gasteiger partial charge is 0.461 e. The zero-order chi connectivity index (χ0) is 12.5. The molecule has 1 N–H and O–H groups in total. The molecule has 1 aromatic rings. The highest BCUT2D eigenvalue weighted by atomic mass is 16.5. The number of methoxy groups -OCH3 is 1. The minimum absolute atomic E-state index is 0.0633. The van der Waals surface area contributed by atoms with Gasteiger partial charge in [-0.1, -0.05) is 0 Å². The monoisotopic (exact) mass is 242 g/mol. The predicted octanol–water partition coefficient (Wildman–Crippen LogP) is 0.319. The highest BCUT2D eigenvalue weighted by Gasteiger charge is 2.02. The third-order valence-corrected chi connectivity index (χ3v) is 2.12. The van der Waals surface area contributed by atoms with Crippen molar-refractivity contribution >= 4 is 0 Å². The van der Waals surface area contributed by atoms with Gasteiger partial charge in [0.1, 0.15) is 6.61 Å². The summed E-state index contributed by atoms with van der Waals surface area (Å²) in [7, 11) is 1.62. The van der Waals surface area contributed by atoms with Gasteiger partial charge in [-0.05, 0) is 6.92 Å². The molecule has 0 aliphatic carbocycles. The van der Waals surface area contributed by atoms with Gasteiger partial charge in [0.2, 0.25) is 0 Å². The maximum Gasteiger partial charge on any atom is 0.316 e. The SMILES string of the molecule is COCCOCCOc1ncc(CO)c(C)n1. The van der Waals surface area contributed by atoms with Crippen LogP contribution in [0.1, 0.15) is 11.3 Å². The van der Waals surface area contributed by atoms with E-state index in [1.807, 2.05) is 0 Å². The van der Waals surface area contributed by atoms with Gasteiger partial charge in [0, 0.05) is 18.9 Å². The Hall–Kier alpha value is -1.24. The Labute approximate surface area is 101 Å². The van der Waals surface area contributed by atoms with Crippen molar-refractivity contribution in [1.29, 1.82) is 0 Å². The first kappa shape index (κ1) is 13.8. The van der Waals surface area contributed by atoms with E-state index in [-0.39, 0.29) is 6.61 Å². The number of nitrogens with zero attached hydrogens (tertiary/aromatic N) is 2. The van der Waals surface area contributed by atoms with Crippen LogP contribution in [0.2, 0.25) is 0 Å². The van der Waals surface area contributed by atoms with Gasteiger partial charge in [-0.3, -0.25) is 0 Å². The number of aromatic nitrogens is 2. The van der Waals surface area contributed by atoms with Crippen molar-refractivity contribution < 1.29 is 19.3 Å². The van der Waals surface area contributed by atoms with E-state index < -0.39 is 0 Å². The highest BCUT2D eigenvalue weighted by Crippen LogP contribution is 2.08. The molecule has 0 atom stereocenters. The smallest absolute Gasteiger partial charge is 0.316 e. The number of aryl methyl sites for hydroxylation is 1. The second-order valence-corrected chi connectivity index (χ2v) is 3.37. The second kappa shape index (κ2) is 7.94. The van der Waals surface area contributed by atoms with Crippen LogP contribution in [0, 0.1) is 6.92 Å². The number of aliphatic hydroxyl groups is 1. The van der Waals surface area contributed by atoms with Crippen LogP contribution in [-0.2, 0) is 16.1 Å². The fourth-order valence-electron chi connectivity index (χ4n) is 1.13. The van der Waals surface area contributed by atoms with Crippen LogP contribution in [0.4, 0.5) is 0 Å². The topological polar surface area (TPSA) is 73.7 Å². The number of ether oxygens (including phenoxy) is 3. The van der Waals surface area contributed by atoms with Gasteiger partial charge in [-0.2, -0.15) is 0 Å². The Morgan fingerprint density at radius 3 is 2.65 bits per heavy atom. The molecule has 0 saturated carbocycles. The van der Waals surface area contributed by atoms with E-state index in [0.29, 0.717) is 38.0 Å². The van der Waals surface area contributed by atoms with Crippen LogP contribution < -0.4 is 4.74 Å². The molecule has 96 valence electrons. The van der Waals surface area contributed by atoms with E-state index in [1.165, 1.54) is 0 Å². The lowest BCUT2D eigenvalue weighted by molar-refractivity contribution is 0.0528. The Kier molecular flexibility index (Phi) is 6.46. The number of hydrogen-bond acceptors (Lipinski definition) is 6. The molecule has 0 bridgehead atoms. The summed E-state index contributed by atoms with van der Waals surface area (Å²) in [4.78, 5) is 8.08. The van der Waals surface area contributed by atoms with Gasteiger partial charge in [0.15, 0.2) is 0 Å². The van der Waals surface area contributed by atoms with E-state index in [4.69, 9.17) is 19.3 Å². The molecule has 1 aromatic heterocycles. The summed E-state index contributed by atoms with van der Waals surface area (Å²) in [6.07, 6.45) is 1.56. The molecule has 17 heavy (non-hydrogen) atoms. The summed E-state index contributed by atoms with van der Waals surface area (Å²) < 4.78 is 15.4. The molecule has 0 amide bonds. The van der Waals surface area contributed by atoms with Crippen LogP contribution in [-0.4, -0.2) is 48.6 Å². The summed E-state index contributed by atoms with van der Waals surface area (Å²) in [6, 6.07) is 0.301. The third kappa shape index (κ3) is 5.08. The van der Waals surface area contributed by atoms with E-state index in [1.54, 1.807) is 20.2 Å². The molecule has 6 nitrogen and oxygen atoms in total. The Bertz CT molecular complexity index is 333. The van der Waals surface area contributed by atoms with E-state index in [2.05, 4.69) is 9.97 Å². The average Bonchev–Trinajstić information content (AvgIpc) is 2.34. The molecule has 6 heteroatoms. The third-order valence-electron chi connectivity index (χ3n) is 2.12. The summed E-state index contributed by atoms with van der Waals surface area (Å²) in [5.74, 6) is 0.